The average Bonchev–Trinajstić information content (AvgIpc) is 2.65. The van der Waals surface area contributed by atoms with Gasteiger partial charge < -0.3 is 15.5 Å². The minimum atomic E-state index is -0.338. The van der Waals surface area contributed by atoms with E-state index in [1.54, 1.807) is 62.6 Å². The van der Waals surface area contributed by atoms with Gasteiger partial charge in [0.15, 0.2) is 0 Å². The molecule has 0 spiro atoms. The van der Waals surface area contributed by atoms with Gasteiger partial charge in [-0.15, -0.1) is 0 Å². The van der Waals surface area contributed by atoms with Crippen molar-refractivity contribution in [3.05, 3.63) is 58.6 Å². The number of hydrogen-bond acceptors (Lipinski definition) is 3. The first-order valence-electron chi connectivity index (χ1n) is 7.81. The summed E-state index contributed by atoms with van der Waals surface area (Å²) in [4.78, 5) is 28.6. The molecule has 4 amide bonds. The van der Waals surface area contributed by atoms with Crippen molar-refractivity contribution >= 4 is 46.6 Å². The Bertz CT molecular complexity index is 737. The number of carbonyl (C=O) groups is 2. The molecular weight excluding hydrogens is 391 g/mol. The molecule has 27 heavy (non-hydrogen) atoms. The van der Waals surface area contributed by atoms with Crippen LogP contribution in [0.3, 0.4) is 0 Å². The molecule has 0 aliphatic rings. The van der Waals surface area contributed by atoms with Crippen LogP contribution in [0.5, 0.6) is 0 Å². The molecule has 146 valence electrons. The first-order chi connectivity index (χ1) is 12.7. The Morgan fingerprint density at radius 3 is 1.48 bits per heavy atom. The van der Waals surface area contributed by atoms with Crippen LogP contribution in [0.1, 0.15) is 0 Å². The fourth-order valence-electron chi connectivity index (χ4n) is 1.59. The van der Waals surface area contributed by atoms with Crippen molar-refractivity contribution in [2.75, 3.05) is 38.9 Å². The SMILES string of the molecule is CN(C)C(=O)Nc1ccc(Cl)cc1.CON(C)C(=O)Nc1ccc(Cl)cc1. The largest absolute Gasteiger partial charge is 0.345 e. The number of anilines is 2. The van der Waals surface area contributed by atoms with Gasteiger partial charge in [0, 0.05) is 42.6 Å². The number of rotatable bonds is 3. The zero-order chi connectivity index (χ0) is 20.4. The van der Waals surface area contributed by atoms with Crippen LogP contribution < -0.4 is 10.6 Å². The number of carbonyl (C=O) groups excluding carboxylic acids is 2. The number of hydroxylamine groups is 2. The fraction of sp³-hybridized carbons (Fsp3) is 0.222. The van der Waals surface area contributed by atoms with Gasteiger partial charge in [0.05, 0.1) is 7.11 Å². The number of benzene rings is 2. The number of nitrogens with zero attached hydrogens (tertiary/aromatic N) is 2. The highest BCUT2D eigenvalue weighted by Gasteiger charge is 2.06. The Morgan fingerprint density at radius 1 is 0.778 bits per heavy atom. The van der Waals surface area contributed by atoms with Crippen LogP contribution in [0.15, 0.2) is 48.5 Å². The van der Waals surface area contributed by atoms with Crippen molar-refractivity contribution < 1.29 is 14.4 Å². The summed E-state index contributed by atoms with van der Waals surface area (Å²) in [6.45, 7) is 0. The average molecular weight is 413 g/mol. The number of halogens is 2. The van der Waals surface area contributed by atoms with E-state index in [0.29, 0.717) is 15.7 Å². The number of amides is 4. The minimum absolute atomic E-state index is 0.151. The summed E-state index contributed by atoms with van der Waals surface area (Å²) >= 11 is 11.4. The molecule has 7 nitrogen and oxygen atoms in total. The van der Waals surface area contributed by atoms with Gasteiger partial charge in [-0.25, -0.2) is 14.7 Å². The van der Waals surface area contributed by atoms with E-state index in [1.165, 1.54) is 19.1 Å². The maximum absolute atomic E-state index is 11.3. The Hall–Kier alpha value is -2.48. The molecule has 2 N–H and O–H groups in total. The molecule has 0 saturated heterocycles. The lowest BCUT2D eigenvalue weighted by molar-refractivity contribution is -0.0598. The van der Waals surface area contributed by atoms with Gasteiger partial charge in [-0.2, -0.15) is 0 Å². The second-order valence-corrected chi connectivity index (χ2v) is 6.32. The fourth-order valence-corrected chi connectivity index (χ4v) is 1.84. The highest BCUT2D eigenvalue weighted by atomic mass is 35.5. The van der Waals surface area contributed by atoms with Crippen molar-refractivity contribution in [2.24, 2.45) is 0 Å². The van der Waals surface area contributed by atoms with Crippen LogP contribution in [-0.2, 0) is 4.84 Å². The third-order valence-electron chi connectivity index (χ3n) is 3.16. The van der Waals surface area contributed by atoms with Crippen molar-refractivity contribution in [3.8, 4) is 0 Å². The molecule has 0 bridgehead atoms. The summed E-state index contributed by atoms with van der Waals surface area (Å²) in [6, 6.07) is 13.3. The number of urea groups is 2. The van der Waals surface area contributed by atoms with Gasteiger partial charge in [0.25, 0.3) is 0 Å². The molecular formula is C18H22Cl2N4O3. The Morgan fingerprint density at radius 2 is 1.15 bits per heavy atom. The first kappa shape index (κ1) is 22.6. The predicted octanol–water partition coefficient (Wildman–Crippen LogP) is 4.80. The quantitative estimate of drug-likeness (QED) is 0.710. The molecule has 2 rings (SSSR count). The van der Waals surface area contributed by atoms with E-state index in [9.17, 15) is 9.59 Å². The molecule has 2 aromatic rings. The van der Waals surface area contributed by atoms with E-state index in [-0.39, 0.29) is 12.1 Å². The van der Waals surface area contributed by atoms with Crippen LogP contribution in [-0.4, -0.2) is 50.3 Å². The lowest BCUT2D eigenvalue weighted by Gasteiger charge is -2.14. The molecule has 0 atom stereocenters. The highest BCUT2D eigenvalue weighted by molar-refractivity contribution is 6.30. The normalized spacial score (nSPS) is 9.56. The summed E-state index contributed by atoms with van der Waals surface area (Å²) in [5.74, 6) is 0. The van der Waals surface area contributed by atoms with Gasteiger partial charge in [-0.3, -0.25) is 4.84 Å². The number of nitrogens with one attached hydrogen (secondary N) is 2. The molecule has 0 radical (unpaired) electrons. The maximum Gasteiger partial charge on any atom is 0.345 e. The van der Waals surface area contributed by atoms with Crippen LogP contribution in [0, 0.1) is 0 Å². The van der Waals surface area contributed by atoms with Crippen molar-refractivity contribution in [3.63, 3.8) is 0 Å². The van der Waals surface area contributed by atoms with Crippen LogP contribution in [0.4, 0.5) is 21.0 Å². The monoisotopic (exact) mass is 412 g/mol. The molecule has 0 fully saturated rings. The van der Waals surface area contributed by atoms with Gasteiger partial charge >= 0.3 is 12.1 Å². The van der Waals surface area contributed by atoms with Crippen LogP contribution in [0.2, 0.25) is 10.0 Å². The summed E-state index contributed by atoms with van der Waals surface area (Å²) < 4.78 is 0. The van der Waals surface area contributed by atoms with Gasteiger partial charge in [-0.1, -0.05) is 23.2 Å². The molecule has 0 heterocycles. The highest BCUT2D eigenvalue weighted by Crippen LogP contribution is 2.14. The van der Waals surface area contributed by atoms with E-state index in [1.807, 2.05) is 0 Å². The molecule has 0 unspecified atom stereocenters. The maximum atomic E-state index is 11.3. The summed E-state index contributed by atoms with van der Waals surface area (Å²) in [5, 5.41) is 7.70. The molecule has 9 heteroatoms. The van der Waals surface area contributed by atoms with E-state index in [0.717, 1.165) is 10.8 Å². The smallest absolute Gasteiger partial charge is 0.331 e. The van der Waals surface area contributed by atoms with Gasteiger partial charge in [0.2, 0.25) is 0 Å². The lowest BCUT2D eigenvalue weighted by atomic mass is 10.3. The molecule has 2 aromatic carbocycles. The Labute approximate surface area is 168 Å². The van der Waals surface area contributed by atoms with Crippen molar-refractivity contribution in [1.29, 1.82) is 0 Å². The summed E-state index contributed by atoms with van der Waals surface area (Å²) in [5.41, 5.74) is 1.41. The Kier molecular flexibility index (Phi) is 9.42. The van der Waals surface area contributed by atoms with E-state index >= 15 is 0 Å². The van der Waals surface area contributed by atoms with E-state index < -0.39 is 0 Å². The third-order valence-corrected chi connectivity index (χ3v) is 3.66. The van der Waals surface area contributed by atoms with Crippen molar-refractivity contribution in [2.45, 2.75) is 0 Å². The minimum Gasteiger partial charge on any atom is -0.331 e. The van der Waals surface area contributed by atoms with Crippen LogP contribution in [0.25, 0.3) is 0 Å². The second-order valence-electron chi connectivity index (χ2n) is 5.45. The van der Waals surface area contributed by atoms with Crippen molar-refractivity contribution in [1.82, 2.24) is 9.96 Å². The summed E-state index contributed by atoms with van der Waals surface area (Å²) in [6.07, 6.45) is 0. The number of hydrogen-bond donors (Lipinski definition) is 2. The first-order valence-corrected chi connectivity index (χ1v) is 8.56. The third kappa shape index (κ3) is 8.63. The zero-order valence-electron chi connectivity index (χ0n) is 15.5. The lowest BCUT2D eigenvalue weighted by Crippen LogP contribution is -2.30. The standard InChI is InChI=1S/C9H11ClN2O2.C9H11ClN2O/c1-12(14-2)9(13)11-8-5-3-7(10)4-6-8;1-12(2)9(13)11-8-5-3-7(10)4-6-8/h3-6H,1-2H3,(H,11,13);3-6H,1-2H3,(H,11,13). The van der Waals surface area contributed by atoms with Crippen LogP contribution >= 0.6 is 23.2 Å². The molecule has 0 aliphatic carbocycles. The summed E-state index contributed by atoms with van der Waals surface area (Å²) in [7, 11) is 6.31. The Balaban J connectivity index is 0.000000271. The molecule has 0 aliphatic heterocycles. The van der Waals surface area contributed by atoms with Gasteiger partial charge in [0.1, 0.15) is 0 Å². The van der Waals surface area contributed by atoms with Gasteiger partial charge in [-0.05, 0) is 48.5 Å². The zero-order valence-corrected chi connectivity index (χ0v) is 17.0. The second kappa shape index (κ2) is 11.3. The topological polar surface area (TPSA) is 73.9 Å². The molecule has 0 saturated carbocycles. The molecule has 0 aromatic heterocycles. The predicted molar refractivity (Wildman–Crippen MR) is 109 cm³/mol. The van der Waals surface area contributed by atoms with E-state index in [4.69, 9.17) is 28.0 Å². The van der Waals surface area contributed by atoms with E-state index in [2.05, 4.69) is 10.6 Å².